The van der Waals surface area contributed by atoms with Crippen molar-refractivity contribution in [2.24, 2.45) is 0 Å². The van der Waals surface area contributed by atoms with Crippen molar-refractivity contribution in [1.29, 1.82) is 0 Å². The SMILES string of the molecule is CN1CCN(C2CCC(I)CC2)CC1. The van der Waals surface area contributed by atoms with Gasteiger partial charge in [-0.1, -0.05) is 22.6 Å². The molecule has 1 saturated heterocycles. The van der Waals surface area contributed by atoms with Crippen molar-refractivity contribution in [1.82, 2.24) is 9.80 Å². The van der Waals surface area contributed by atoms with Crippen molar-refractivity contribution in [3.63, 3.8) is 0 Å². The van der Waals surface area contributed by atoms with Gasteiger partial charge in [0.05, 0.1) is 0 Å². The van der Waals surface area contributed by atoms with E-state index in [2.05, 4.69) is 39.4 Å². The lowest BCUT2D eigenvalue weighted by Crippen LogP contribution is -2.49. The second kappa shape index (κ2) is 5.12. The van der Waals surface area contributed by atoms with Gasteiger partial charge >= 0.3 is 0 Å². The van der Waals surface area contributed by atoms with Gasteiger partial charge in [-0.25, -0.2) is 0 Å². The third kappa shape index (κ3) is 2.83. The quantitative estimate of drug-likeness (QED) is 0.540. The average molecular weight is 308 g/mol. The Morgan fingerprint density at radius 3 is 2.07 bits per heavy atom. The molecule has 1 heterocycles. The van der Waals surface area contributed by atoms with Gasteiger partial charge in [-0.15, -0.1) is 0 Å². The fourth-order valence-corrected chi connectivity index (χ4v) is 3.31. The third-order valence-electron chi connectivity index (χ3n) is 3.68. The lowest BCUT2D eigenvalue weighted by molar-refractivity contribution is 0.0929. The Bertz CT molecular complexity index is 150. The van der Waals surface area contributed by atoms with Crippen molar-refractivity contribution in [3.8, 4) is 0 Å². The van der Waals surface area contributed by atoms with Crippen LogP contribution in [0.25, 0.3) is 0 Å². The summed E-state index contributed by atoms with van der Waals surface area (Å²) in [5.41, 5.74) is 0. The molecule has 14 heavy (non-hydrogen) atoms. The largest absolute Gasteiger partial charge is 0.304 e. The molecule has 0 spiro atoms. The highest BCUT2D eigenvalue weighted by Gasteiger charge is 2.26. The molecule has 1 aliphatic heterocycles. The molecule has 0 radical (unpaired) electrons. The second-order valence-electron chi connectivity index (χ2n) is 4.75. The molecule has 2 nitrogen and oxygen atoms in total. The number of likely N-dealkylation sites (N-methyl/N-ethyl adjacent to an activating group) is 1. The third-order valence-corrected chi connectivity index (χ3v) is 4.93. The summed E-state index contributed by atoms with van der Waals surface area (Å²) in [4.78, 5) is 5.17. The normalized spacial score (nSPS) is 37.3. The molecule has 0 aromatic heterocycles. The van der Waals surface area contributed by atoms with E-state index in [9.17, 15) is 0 Å². The molecule has 2 aliphatic rings. The first-order chi connectivity index (χ1) is 6.75. The van der Waals surface area contributed by atoms with Gasteiger partial charge in [-0.3, -0.25) is 4.90 Å². The van der Waals surface area contributed by atoms with E-state index in [4.69, 9.17) is 0 Å². The van der Waals surface area contributed by atoms with E-state index in [1.165, 1.54) is 51.9 Å². The molecular formula is C11H21IN2. The number of rotatable bonds is 1. The van der Waals surface area contributed by atoms with Crippen LogP contribution in [0.4, 0.5) is 0 Å². The molecule has 0 bridgehead atoms. The van der Waals surface area contributed by atoms with Gasteiger partial charge in [0.25, 0.3) is 0 Å². The number of alkyl halides is 1. The number of piperazine rings is 1. The summed E-state index contributed by atoms with van der Waals surface area (Å²) in [7, 11) is 2.24. The summed E-state index contributed by atoms with van der Waals surface area (Å²) in [6, 6.07) is 0.912. The van der Waals surface area contributed by atoms with Crippen LogP contribution in [0.1, 0.15) is 25.7 Å². The van der Waals surface area contributed by atoms with Crippen molar-refractivity contribution in [3.05, 3.63) is 0 Å². The molecule has 0 N–H and O–H groups in total. The van der Waals surface area contributed by atoms with Crippen LogP contribution in [0.15, 0.2) is 0 Å². The minimum Gasteiger partial charge on any atom is -0.304 e. The Balaban J connectivity index is 1.78. The highest BCUT2D eigenvalue weighted by Crippen LogP contribution is 2.28. The lowest BCUT2D eigenvalue weighted by atomic mass is 9.94. The van der Waals surface area contributed by atoms with Crippen LogP contribution in [-0.2, 0) is 0 Å². The maximum atomic E-state index is 2.72. The number of hydrogen-bond acceptors (Lipinski definition) is 2. The summed E-state index contributed by atoms with van der Waals surface area (Å²) >= 11 is 2.61. The monoisotopic (exact) mass is 308 g/mol. The first-order valence-corrected chi connectivity index (χ1v) is 7.07. The maximum absolute atomic E-state index is 2.72. The second-order valence-corrected chi connectivity index (χ2v) is 6.51. The molecule has 0 amide bonds. The van der Waals surface area contributed by atoms with Crippen LogP contribution in [0.5, 0.6) is 0 Å². The van der Waals surface area contributed by atoms with Crippen LogP contribution in [0, 0.1) is 0 Å². The summed E-state index contributed by atoms with van der Waals surface area (Å²) in [5, 5.41) is 0. The van der Waals surface area contributed by atoms with E-state index in [1.54, 1.807) is 0 Å². The van der Waals surface area contributed by atoms with E-state index in [1.807, 2.05) is 0 Å². The molecule has 2 rings (SSSR count). The zero-order chi connectivity index (χ0) is 9.97. The molecule has 0 atom stereocenters. The maximum Gasteiger partial charge on any atom is 0.0113 e. The van der Waals surface area contributed by atoms with Crippen LogP contribution in [0.2, 0.25) is 0 Å². The minimum absolute atomic E-state index is 0.912. The minimum atomic E-state index is 0.912. The predicted octanol–water partition coefficient (Wildman–Crippen LogP) is 1.98. The Kier molecular flexibility index (Phi) is 4.08. The van der Waals surface area contributed by atoms with Gasteiger partial charge < -0.3 is 4.90 Å². The van der Waals surface area contributed by atoms with Crippen LogP contribution < -0.4 is 0 Å². The zero-order valence-electron chi connectivity index (χ0n) is 9.08. The summed E-state index contributed by atoms with van der Waals surface area (Å²) in [6.07, 6.45) is 5.77. The smallest absolute Gasteiger partial charge is 0.0113 e. The van der Waals surface area contributed by atoms with E-state index in [0.29, 0.717) is 0 Å². The van der Waals surface area contributed by atoms with E-state index in [0.717, 1.165) is 9.97 Å². The summed E-state index contributed by atoms with van der Waals surface area (Å²) < 4.78 is 0.955. The Hall–Kier alpha value is 0.650. The number of nitrogens with zero attached hydrogens (tertiary/aromatic N) is 2. The lowest BCUT2D eigenvalue weighted by Gasteiger charge is -2.40. The molecule has 1 aliphatic carbocycles. The number of halogens is 1. The van der Waals surface area contributed by atoms with E-state index < -0.39 is 0 Å². The molecule has 2 fully saturated rings. The standard InChI is InChI=1S/C11H21IN2/c1-13-6-8-14(9-7-13)11-4-2-10(12)3-5-11/h10-11H,2-9H2,1H3. The topological polar surface area (TPSA) is 6.48 Å². The van der Waals surface area contributed by atoms with E-state index in [-0.39, 0.29) is 0 Å². The molecule has 0 aromatic rings. The highest BCUT2D eigenvalue weighted by molar-refractivity contribution is 14.1. The van der Waals surface area contributed by atoms with Crippen LogP contribution >= 0.6 is 22.6 Å². The van der Waals surface area contributed by atoms with Crippen molar-refractivity contribution in [2.75, 3.05) is 33.2 Å². The fraction of sp³-hybridized carbons (Fsp3) is 1.00. The highest BCUT2D eigenvalue weighted by atomic mass is 127. The fourth-order valence-electron chi connectivity index (χ4n) is 2.59. The Morgan fingerprint density at radius 2 is 1.50 bits per heavy atom. The average Bonchev–Trinajstić information content (AvgIpc) is 2.21. The Morgan fingerprint density at radius 1 is 0.929 bits per heavy atom. The molecule has 0 aromatic carbocycles. The van der Waals surface area contributed by atoms with Crippen LogP contribution in [-0.4, -0.2) is 53.0 Å². The molecule has 3 heteroatoms. The molecule has 0 unspecified atom stereocenters. The van der Waals surface area contributed by atoms with Gasteiger partial charge in [0.2, 0.25) is 0 Å². The van der Waals surface area contributed by atoms with Gasteiger partial charge in [-0.2, -0.15) is 0 Å². The zero-order valence-corrected chi connectivity index (χ0v) is 11.2. The van der Waals surface area contributed by atoms with Gasteiger partial charge in [0.15, 0.2) is 0 Å². The first-order valence-electron chi connectivity index (χ1n) is 5.82. The molecule has 1 saturated carbocycles. The van der Waals surface area contributed by atoms with Crippen molar-refractivity contribution >= 4 is 22.6 Å². The molecular weight excluding hydrogens is 287 g/mol. The summed E-state index contributed by atoms with van der Waals surface area (Å²) in [6.45, 7) is 5.13. The predicted molar refractivity (Wildman–Crippen MR) is 69.1 cm³/mol. The van der Waals surface area contributed by atoms with E-state index >= 15 is 0 Å². The molecule has 82 valence electrons. The van der Waals surface area contributed by atoms with Crippen molar-refractivity contribution in [2.45, 2.75) is 35.6 Å². The van der Waals surface area contributed by atoms with Gasteiger partial charge in [-0.05, 0) is 32.7 Å². The van der Waals surface area contributed by atoms with Crippen LogP contribution in [0.3, 0.4) is 0 Å². The van der Waals surface area contributed by atoms with Gasteiger partial charge in [0, 0.05) is 36.1 Å². The van der Waals surface area contributed by atoms with Gasteiger partial charge in [0.1, 0.15) is 0 Å². The number of hydrogen-bond donors (Lipinski definition) is 0. The summed E-state index contributed by atoms with van der Waals surface area (Å²) in [5.74, 6) is 0. The Labute approximate surface area is 101 Å². The first kappa shape index (κ1) is 11.1. The van der Waals surface area contributed by atoms with Crippen molar-refractivity contribution < 1.29 is 0 Å².